The summed E-state index contributed by atoms with van der Waals surface area (Å²) >= 11 is 0. The minimum absolute atomic E-state index is 0.485. The molecule has 0 unspecified atom stereocenters. The van der Waals surface area contributed by atoms with Crippen LogP contribution >= 0.6 is 0 Å². The molecule has 15 heavy (non-hydrogen) atoms. The van der Waals surface area contributed by atoms with Gasteiger partial charge in [-0.25, -0.2) is 8.42 Å². The van der Waals surface area contributed by atoms with Gasteiger partial charge in [-0.15, -0.1) is 0 Å². The Bertz CT molecular complexity index is 331. The van der Waals surface area contributed by atoms with Crippen molar-refractivity contribution in [1.29, 1.82) is 0 Å². The van der Waals surface area contributed by atoms with Crippen LogP contribution in [0.2, 0.25) is 0 Å². The predicted octanol–water partition coefficient (Wildman–Crippen LogP) is -1.10. The van der Waals surface area contributed by atoms with E-state index in [1.807, 2.05) is 11.8 Å². The van der Waals surface area contributed by atoms with Gasteiger partial charge >= 0.3 is 0 Å². The molecule has 0 bridgehead atoms. The second-order valence-electron chi connectivity index (χ2n) is 3.48. The Morgan fingerprint density at radius 2 is 1.87 bits per heavy atom. The highest BCUT2D eigenvalue weighted by Crippen LogP contribution is 2.05. The van der Waals surface area contributed by atoms with Gasteiger partial charge in [0.15, 0.2) is 5.96 Å². The molecule has 0 saturated carbocycles. The minimum atomic E-state index is -3.06. The molecule has 7 heteroatoms. The van der Waals surface area contributed by atoms with Crippen LogP contribution in [0.4, 0.5) is 0 Å². The summed E-state index contributed by atoms with van der Waals surface area (Å²) in [5.41, 5.74) is 5.72. The first-order valence-corrected chi connectivity index (χ1v) is 6.80. The van der Waals surface area contributed by atoms with Crippen LogP contribution in [0.3, 0.4) is 0 Å². The first kappa shape index (κ1) is 12.3. The molecule has 0 aromatic rings. The Labute approximate surface area is 90.8 Å². The van der Waals surface area contributed by atoms with Crippen molar-refractivity contribution in [3.8, 4) is 0 Å². The third-order valence-corrected chi connectivity index (χ3v) is 3.65. The van der Waals surface area contributed by atoms with Crippen LogP contribution in [0.5, 0.6) is 0 Å². The zero-order chi connectivity index (χ0) is 11.5. The highest BCUT2D eigenvalue weighted by molar-refractivity contribution is 7.88. The van der Waals surface area contributed by atoms with E-state index in [-0.39, 0.29) is 0 Å². The summed E-state index contributed by atoms with van der Waals surface area (Å²) in [6.07, 6.45) is 1.23. The van der Waals surface area contributed by atoms with Gasteiger partial charge in [0, 0.05) is 32.7 Å². The summed E-state index contributed by atoms with van der Waals surface area (Å²) in [7, 11) is -3.06. The van der Waals surface area contributed by atoms with Crippen LogP contribution in [-0.2, 0) is 10.0 Å². The molecule has 0 atom stereocenters. The van der Waals surface area contributed by atoms with Crippen molar-refractivity contribution in [3.63, 3.8) is 0 Å². The standard InChI is InChI=1S/C8H18N4O2S/c1-3-10-8(9)11-4-6-12(7-5-11)15(2,13)14/h3-7H2,1-2H3,(H2,9,10). The minimum Gasteiger partial charge on any atom is -0.370 e. The second kappa shape index (κ2) is 4.80. The van der Waals surface area contributed by atoms with E-state index in [1.165, 1.54) is 10.6 Å². The van der Waals surface area contributed by atoms with Crippen LogP contribution in [0.25, 0.3) is 0 Å². The molecule has 1 heterocycles. The van der Waals surface area contributed by atoms with Crippen LogP contribution in [-0.4, -0.2) is 62.6 Å². The molecule has 0 aliphatic carbocycles. The van der Waals surface area contributed by atoms with E-state index in [2.05, 4.69) is 4.99 Å². The van der Waals surface area contributed by atoms with Gasteiger partial charge in [-0.05, 0) is 6.92 Å². The van der Waals surface area contributed by atoms with E-state index < -0.39 is 10.0 Å². The Balaban J connectivity index is 2.53. The molecule has 1 aliphatic rings. The van der Waals surface area contributed by atoms with Gasteiger partial charge in [-0.2, -0.15) is 4.31 Å². The van der Waals surface area contributed by atoms with Gasteiger partial charge in [0.2, 0.25) is 10.0 Å². The number of piperazine rings is 1. The predicted molar refractivity (Wildman–Crippen MR) is 60.2 cm³/mol. The zero-order valence-corrected chi connectivity index (χ0v) is 10.00. The van der Waals surface area contributed by atoms with E-state index in [0.29, 0.717) is 38.7 Å². The number of guanidine groups is 1. The average molecular weight is 234 g/mol. The third kappa shape index (κ3) is 3.35. The Hall–Kier alpha value is -0.820. The van der Waals surface area contributed by atoms with Crippen molar-refractivity contribution in [3.05, 3.63) is 0 Å². The summed E-state index contributed by atoms with van der Waals surface area (Å²) in [5, 5.41) is 0. The van der Waals surface area contributed by atoms with Crippen LogP contribution in [0, 0.1) is 0 Å². The van der Waals surface area contributed by atoms with Gasteiger partial charge in [-0.3, -0.25) is 4.99 Å². The van der Waals surface area contributed by atoms with Crippen molar-refractivity contribution in [2.75, 3.05) is 39.0 Å². The molecule has 0 amide bonds. The fourth-order valence-corrected chi connectivity index (χ4v) is 2.34. The maximum atomic E-state index is 11.2. The summed E-state index contributed by atoms with van der Waals surface area (Å²) in [6.45, 7) is 4.76. The lowest BCUT2D eigenvalue weighted by Crippen LogP contribution is -2.52. The van der Waals surface area contributed by atoms with Gasteiger partial charge in [0.05, 0.1) is 6.26 Å². The third-order valence-electron chi connectivity index (χ3n) is 2.35. The van der Waals surface area contributed by atoms with E-state index in [1.54, 1.807) is 0 Å². The van der Waals surface area contributed by atoms with E-state index in [0.717, 1.165) is 0 Å². The maximum Gasteiger partial charge on any atom is 0.211 e. The molecule has 88 valence electrons. The topological polar surface area (TPSA) is 79.0 Å². The molecular weight excluding hydrogens is 216 g/mol. The summed E-state index contributed by atoms with van der Waals surface area (Å²) in [6, 6.07) is 0. The molecule has 2 N–H and O–H groups in total. The first-order chi connectivity index (χ1) is 6.95. The van der Waals surface area contributed by atoms with Crippen molar-refractivity contribution < 1.29 is 8.42 Å². The van der Waals surface area contributed by atoms with Gasteiger partial charge in [0.25, 0.3) is 0 Å². The molecule has 1 fully saturated rings. The summed E-state index contributed by atoms with van der Waals surface area (Å²) < 4.78 is 23.9. The lowest BCUT2D eigenvalue weighted by Gasteiger charge is -2.33. The van der Waals surface area contributed by atoms with Crippen LogP contribution < -0.4 is 5.73 Å². The molecule has 1 rings (SSSR count). The first-order valence-electron chi connectivity index (χ1n) is 4.95. The quantitative estimate of drug-likeness (QED) is 0.486. The fraction of sp³-hybridized carbons (Fsp3) is 0.875. The van der Waals surface area contributed by atoms with Crippen molar-refractivity contribution in [2.45, 2.75) is 6.92 Å². The highest BCUT2D eigenvalue weighted by Gasteiger charge is 2.23. The van der Waals surface area contributed by atoms with Crippen molar-refractivity contribution >= 4 is 16.0 Å². The van der Waals surface area contributed by atoms with E-state index >= 15 is 0 Å². The normalized spacial score (nSPS) is 20.7. The largest absolute Gasteiger partial charge is 0.370 e. The molecule has 0 radical (unpaired) electrons. The van der Waals surface area contributed by atoms with E-state index in [9.17, 15) is 8.42 Å². The number of nitrogens with zero attached hydrogens (tertiary/aromatic N) is 3. The number of sulfonamides is 1. The molecule has 0 spiro atoms. The zero-order valence-electron chi connectivity index (χ0n) is 9.18. The average Bonchev–Trinajstić information content (AvgIpc) is 2.17. The number of hydrogen-bond donors (Lipinski definition) is 1. The number of hydrogen-bond acceptors (Lipinski definition) is 3. The lowest BCUT2D eigenvalue weighted by molar-refractivity contribution is 0.265. The number of aliphatic imine (C=N–C) groups is 1. The smallest absolute Gasteiger partial charge is 0.211 e. The molecule has 1 aliphatic heterocycles. The Morgan fingerprint density at radius 1 is 1.33 bits per heavy atom. The molecule has 0 aromatic carbocycles. The second-order valence-corrected chi connectivity index (χ2v) is 5.46. The van der Waals surface area contributed by atoms with Gasteiger partial charge < -0.3 is 10.6 Å². The van der Waals surface area contributed by atoms with Crippen molar-refractivity contribution in [1.82, 2.24) is 9.21 Å². The van der Waals surface area contributed by atoms with E-state index in [4.69, 9.17) is 5.73 Å². The Morgan fingerprint density at radius 3 is 2.27 bits per heavy atom. The summed E-state index contributed by atoms with van der Waals surface area (Å²) in [4.78, 5) is 6.00. The Kier molecular flexibility index (Phi) is 3.92. The molecule has 1 saturated heterocycles. The highest BCUT2D eigenvalue weighted by atomic mass is 32.2. The molecule has 0 aromatic heterocycles. The maximum absolute atomic E-state index is 11.2. The lowest BCUT2D eigenvalue weighted by atomic mass is 10.4. The van der Waals surface area contributed by atoms with Gasteiger partial charge in [0.1, 0.15) is 0 Å². The van der Waals surface area contributed by atoms with Crippen LogP contribution in [0.15, 0.2) is 4.99 Å². The SMILES string of the molecule is CCN=C(N)N1CCN(S(C)(=O)=O)CC1. The van der Waals surface area contributed by atoms with Crippen molar-refractivity contribution in [2.24, 2.45) is 10.7 Å². The monoisotopic (exact) mass is 234 g/mol. The fourth-order valence-electron chi connectivity index (χ4n) is 1.51. The number of nitrogens with two attached hydrogens (primary N) is 1. The summed E-state index contributed by atoms with van der Waals surface area (Å²) in [5.74, 6) is 0.505. The molecular formula is C8H18N4O2S. The van der Waals surface area contributed by atoms with Crippen LogP contribution in [0.1, 0.15) is 6.92 Å². The molecule has 6 nitrogen and oxygen atoms in total. The number of rotatable bonds is 2. The van der Waals surface area contributed by atoms with Gasteiger partial charge in [-0.1, -0.05) is 0 Å².